The summed E-state index contributed by atoms with van der Waals surface area (Å²) in [4.78, 5) is 16.1. The van der Waals surface area contributed by atoms with Gasteiger partial charge in [0.15, 0.2) is 0 Å². The van der Waals surface area contributed by atoms with Gasteiger partial charge in [0.25, 0.3) is 0 Å². The summed E-state index contributed by atoms with van der Waals surface area (Å²) in [6.07, 6.45) is 3.70. The predicted molar refractivity (Wildman–Crippen MR) is 81.1 cm³/mol. The highest BCUT2D eigenvalue weighted by Crippen LogP contribution is 2.16. The van der Waals surface area contributed by atoms with Crippen molar-refractivity contribution in [3.05, 3.63) is 48.3 Å². The number of aromatic nitrogens is 2. The van der Waals surface area contributed by atoms with Crippen molar-refractivity contribution in [2.24, 2.45) is 0 Å². The standard InChI is InChI=1S/C16H20N4O/c1-13-16(21)18(2)9-10-19(13)12-14-5-3-6-15(11-14)20-8-4-7-17-20/h3-8,11,13H,9-10,12H2,1-2H3. The number of rotatable bonds is 3. The van der Waals surface area contributed by atoms with Crippen molar-refractivity contribution in [1.29, 1.82) is 0 Å². The molecular formula is C16H20N4O. The second-order valence-corrected chi connectivity index (χ2v) is 5.53. The number of benzene rings is 1. The van der Waals surface area contributed by atoms with E-state index in [2.05, 4.69) is 22.1 Å². The lowest BCUT2D eigenvalue weighted by molar-refractivity contribution is -0.139. The molecule has 2 aromatic rings. The Labute approximate surface area is 124 Å². The van der Waals surface area contributed by atoms with Crippen molar-refractivity contribution >= 4 is 5.91 Å². The highest BCUT2D eigenvalue weighted by molar-refractivity contribution is 5.81. The number of likely N-dealkylation sites (N-methyl/N-ethyl adjacent to an activating group) is 1. The van der Waals surface area contributed by atoms with Gasteiger partial charge in [-0.05, 0) is 30.7 Å². The highest BCUT2D eigenvalue weighted by atomic mass is 16.2. The van der Waals surface area contributed by atoms with E-state index < -0.39 is 0 Å². The predicted octanol–water partition coefficient (Wildman–Crippen LogP) is 1.53. The maximum atomic E-state index is 12.0. The smallest absolute Gasteiger partial charge is 0.239 e. The molecule has 3 rings (SSSR count). The normalized spacial score (nSPS) is 20.0. The van der Waals surface area contributed by atoms with Gasteiger partial charge in [-0.15, -0.1) is 0 Å². The number of carbonyl (C=O) groups excluding carboxylic acids is 1. The molecule has 0 N–H and O–H groups in total. The number of hydrogen-bond donors (Lipinski definition) is 0. The number of carbonyl (C=O) groups is 1. The van der Waals surface area contributed by atoms with E-state index in [1.54, 1.807) is 11.1 Å². The summed E-state index contributed by atoms with van der Waals surface area (Å²) in [6.45, 7) is 4.47. The van der Waals surface area contributed by atoms with Crippen LogP contribution >= 0.6 is 0 Å². The Kier molecular flexibility index (Phi) is 3.75. The van der Waals surface area contributed by atoms with Crippen LogP contribution in [0.1, 0.15) is 12.5 Å². The van der Waals surface area contributed by atoms with Crippen molar-refractivity contribution in [3.8, 4) is 5.69 Å². The second-order valence-electron chi connectivity index (χ2n) is 5.53. The molecule has 1 amide bonds. The highest BCUT2D eigenvalue weighted by Gasteiger charge is 2.29. The zero-order valence-corrected chi connectivity index (χ0v) is 12.4. The molecule has 21 heavy (non-hydrogen) atoms. The monoisotopic (exact) mass is 284 g/mol. The van der Waals surface area contributed by atoms with Gasteiger partial charge in [-0.1, -0.05) is 12.1 Å². The van der Waals surface area contributed by atoms with Crippen LogP contribution in [0.15, 0.2) is 42.7 Å². The van der Waals surface area contributed by atoms with Crippen LogP contribution in [0, 0.1) is 0 Å². The van der Waals surface area contributed by atoms with Gasteiger partial charge >= 0.3 is 0 Å². The van der Waals surface area contributed by atoms with Gasteiger partial charge in [0.2, 0.25) is 5.91 Å². The minimum Gasteiger partial charge on any atom is -0.343 e. The van der Waals surface area contributed by atoms with Gasteiger partial charge < -0.3 is 4.90 Å². The lowest BCUT2D eigenvalue weighted by Gasteiger charge is -2.37. The zero-order chi connectivity index (χ0) is 14.8. The maximum absolute atomic E-state index is 12.0. The van der Waals surface area contributed by atoms with Gasteiger partial charge in [-0.2, -0.15) is 5.10 Å². The van der Waals surface area contributed by atoms with E-state index >= 15 is 0 Å². The molecule has 1 saturated heterocycles. The summed E-state index contributed by atoms with van der Waals surface area (Å²) >= 11 is 0. The van der Waals surface area contributed by atoms with Crippen LogP contribution in [0.5, 0.6) is 0 Å². The third-order valence-corrected chi connectivity index (χ3v) is 4.07. The molecule has 0 spiro atoms. The van der Waals surface area contributed by atoms with Crippen molar-refractivity contribution in [2.75, 3.05) is 20.1 Å². The van der Waals surface area contributed by atoms with E-state index in [9.17, 15) is 4.79 Å². The number of nitrogens with zero attached hydrogens (tertiary/aromatic N) is 4. The van der Waals surface area contributed by atoms with Crippen molar-refractivity contribution in [3.63, 3.8) is 0 Å². The fraction of sp³-hybridized carbons (Fsp3) is 0.375. The molecule has 1 unspecified atom stereocenters. The Balaban J connectivity index is 1.76. The van der Waals surface area contributed by atoms with Crippen LogP contribution in [0.3, 0.4) is 0 Å². The Morgan fingerprint density at radius 2 is 2.14 bits per heavy atom. The number of hydrogen-bond acceptors (Lipinski definition) is 3. The molecule has 1 aromatic heterocycles. The fourth-order valence-electron chi connectivity index (χ4n) is 2.73. The van der Waals surface area contributed by atoms with E-state index in [4.69, 9.17) is 0 Å². The summed E-state index contributed by atoms with van der Waals surface area (Å²) in [5.74, 6) is 0.199. The fourth-order valence-corrected chi connectivity index (χ4v) is 2.73. The minimum atomic E-state index is -0.0582. The third-order valence-electron chi connectivity index (χ3n) is 4.07. The maximum Gasteiger partial charge on any atom is 0.239 e. The first kappa shape index (κ1) is 13.8. The topological polar surface area (TPSA) is 41.4 Å². The summed E-state index contributed by atoms with van der Waals surface area (Å²) in [5, 5.41) is 4.25. The van der Waals surface area contributed by atoms with Gasteiger partial charge in [0.05, 0.1) is 11.7 Å². The van der Waals surface area contributed by atoms with E-state index in [-0.39, 0.29) is 11.9 Å². The molecule has 1 aromatic carbocycles. The average molecular weight is 284 g/mol. The van der Waals surface area contributed by atoms with Crippen LogP contribution in [0.25, 0.3) is 5.69 Å². The summed E-state index contributed by atoms with van der Waals surface area (Å²) in [7, 11) is 1.87. The lowest BCUT2D eigenvalue weighted by Crippen LogP contribution is -2.53. The largest absolute Gasteiger partial charge is 0.343 e. The van der Waals surface area contributed by atoms with Gasteiger partial charge in [0.1, 0.15) is 0 Å². The molecule has 1 atom stereocenters. The number of piperazine rings is 1. The van der Waals surface area contributed by atoms with E-state index in [0.29, 0.717) is 0 Å². The Morgan fingerprint density at radius 1 is 1.29 bits per heavy atom. The number of amides is 1. The lowest BCUT2D eigenvalue weighted by atomic mass is 10.1. The van der Waals surface area contributed by atoms with Crippen molar-refractivity contribution in [1.82, 2.24) is 19.6 Å². The molecule has 2 heterocycles. The summed E-state index contributed by atoms with van der Waals surface area (Å²) < 4.78 is 1.85. The first-order chi connectivity index (χ1) is 10.1. The molecule has 0 bridgehead atoms. The van der Waals surface area contributed by atoms with E-state index in [0.717, 1.165) is 25.3 Å². The Bertz CT molecular complexity index is 623. The molecule has 0 radical (unpaired) electrons. The zero-order valence-electron chi connectivity index (χ0n) is 12.4. The van der Waals surface area contributed by atoms with Crippen molar-refractivity contribution < 1.29 is 4.79 Å². The first-order valence-corrected chi connectivity index (χ1v) is 7.23. The van der Waals surface area contributed by atoms with Crippen LogP contribution in [-0.4, -0.2) is 51.7 Å². The molecule has 110 valence electrons. The quantitative estimate of drug-likeness (QED) is 0.858. The molecule has 0 saturated carbocycles. The Morgan fingerprint density at radius 3 is 2.90 bits per heavy atom. The van der Waals surface area contributed by atoms with Crippen LogP contribution in [0.4, 0.5) is 0 Å². The van der Waals surface area contributed by atoms with Crippen LogP contribution in [0.2, 0.25) is 0 Å². The van der Waals surface area contributed by atoms with Crippen LogP contribution in [-0.2, 0) is 11.3 Å². The second kappa shape index (κ2) is 5.69. The molecule has 1 aliphatic rings. The summed E-state index contributed by atoms with van der Waals surface area (Å²) in [6, 6.07) is 10.2. The van der Waals surface area contributed by atoms with Crippen molar-refractivity contribution in [2.45, 2.75) is 19.5 Å². The Hall–Kier alpha value is -2.14. The molecule has 5 heteroatoms. The van der Waals surface area contributed by atoms with Gasteiger partial charge in [-0.25, -0.2) is 4.68 Å². The first-order valence-electron chi connectivity index (χ1n) is 7.23. The van der Waals surface area contributed by atoms with E-state index in [1.165, 1.54) is 5.56 Å². The molecule has 0 aliphatic carbocycles. The summed E-state index contributed by atoms with van der Waals surface area (Å²) in [5.41, 5.74) is 2.25. The molecule has 1 fully saturated rings. The van der Waals surface area contributed by atoms with Gasteiger partial charge in [0, 0.05) is 39.1 Å². The van der Waals surface area contributed by atoms with Gasteiger partial charge in [-0.3, -0.25) is 9.69 Å². The molecule has 1 aliphatic heterocycles. The van der Waals surface area contributed by atoms with E-state index in [1.807, 2.05) is 43.0 Å². The third kappa shape index (κ3) is 2.83. The SMILES string of the molecule is CC1C(=O)N(C)CCN1Cc1cccc(-n2cccn2)c1. The van der Waals surface area contributed by atoms with Crippen LogP contribution < -0.4 is 0 Å². The molecule has 5 nitrogen and oxygen atoms in total. The minimum absolute atomic E-state index is 0.0582. The molecular weight excluding hydrogens is 264 g/mol. The average Bonchev–Trinajstić information content (AvgIpc) is 3.03.